The van der Waals surface area contributed by atoms with Crippen molar-refractivity contribution in [1.29, 1.82) is 0 Å². The van der Waals surface area contributed by atoms with Crippen LogP contribution in [0, 0.1) is 0 Å². The van der Waals surface area contributed by atoms with E-state index < -0.39 is 0 Å². The van der Waals surface area contributed by atoms with Crippen molar-refractivity contribution in [2.75, 3.05) is 0 Å². The molecular weight excluding hydrogens is 138 g/mol. The molecule has 0 saturated heterocycles. The second kappa shape index (κ2) is 2.18. The van der Waals surface area contributed by atoms with Gasteiger partial charge in [0, 0.05) is 7.05 Å². The molecule has 1 aromatic heterocycles. The number of carbonyl (C=O) groups excluding carboxylic acids is 1. The summed E-state index contributed by atoms with van der Waals surface area (Å²) in [4.78, 5) is 10.5. The molecule has 0 amide bonds. The Morgan fingerprint density at radius 2 is 2.56 bits per heavy atom. The molecule has 0 bridgehead atoms. The minimum atomic E-state index is -0.317. The molecule has 0 atom stereocenters. The predicted octanol–water partition coefficient (Wildman–Crippen LogP) is -0.115. The molecule has 9 heavy (non-hydrogen) atoms. The van der Waals surface area contributed by atoms with Gasteiger partial charge in [-0.05, 0) is 0 Å². The Kier molecular flexibility index (Phi) is 1.52. The van der Waals surface area contributed by atoms with E-state index >= 15 is 0 Å². The average Bonchev–Trinajstić information content (AvgIpc) is 2.13. The molecule has 0 unspecified atom stereocenters. The lowest BCUT2D eigenvalue weighted by Gasteiger charge is -1.89. The Morgan fingerprint density at radius 3 is 2.78 bits per heavy atom. The molecule has 0 saturated carbocycles. The number of thiol groups is 1. The van der Waals surface area contributed by atoms with Gasteiger partial charge in [-0.15, -0.1) is 5.10 Å². The molecule has 1 aromatic rings. The Balaban J connectivity index is 3.08. The summed E-state index contributed by atoms with van der Waals surface area (Å²) in [6.45, 7) is 0. The smallest absolute Gasteiger partial charge is 0.236 e. The van der Waals surface area contributed by atoms with Gasteiger partial charge in [-0.3, -0.25) is 4.79 Å². The molecule has 0 aliphatic rings. The molecule has 5 heteroatoms. The van der Waals surface area contributed by atoms with E-state index in [-0.39, 0.29) is 5.12 Å². The molecule has 0 spiro atoms. The van der Waals surface area contributed by atoms with Crippen molar-refractivity contribution in [2.24, 2.45) is 7.05 Å². The van der Waals surface area contributed by atoms with Gasteiger partial charge in [0.05, 0.1) is 6.20 Å². The first-order valence-electron chi connectivity index (χ1n) is 2.30. The first kappa shape index (κ1) is 6.28. The van der Waals surface area contributed by atoms with Gasteiger partial charge < -0.3 is 0 Å². The van der Waals surface area contributed by atoms with Crippen molar-refractivity contribution in [2.45, 2.75) is 0 Å². The van der Waals surface area contributed by atoms with Crippen LogP contribution in [0.25, 0.3) is 0 Å². The quantitative estimate of drug-likeness (QED) is 0.558. The summed E-state index contributed by atoms with van der Waals surface area (Å²) in [5.74, 6) is 0. The summed E-state index contributed by atoms with van der Waals surface area (Å²) >= 11 is 3.58. The van der Waals surface area contributed by atoms with Crippen LogP contribution in [-0.2, 0) is 7.05 Å². The largest absolute Gasteiger partial charge is 0.280 e. The van der Waals surface area contributed by atoms with E-state index in [0.29, 0.717) is 5.69 Å². The van der Waals surface area contributed by atoms with Crippen molar-refractivity contribution >= 4 is 17.7 Å². The standard InChI is InChI=1S/C4H5N3OS/c1-7-3(4(8)9)2-5-6-7/h2H,1H3,(H,8,9). The van der Waals surface area contributed by atoms with Crippen molar-refractivity contribution < 1.29 is 4.79 Å². The van der Waals surface area contributed by atoms with Gasteiger partial charge >= 0.3 is 0 Å². The van der Waals surface area contributed by atoms with Gasteiger partial charge in [-0.25, -0.2) is 4.68 Å². The van der Waals surface area contributed by atoms with E-state index in [2.05, 4.69) is 22.9 Å². The maximum atomic E-state index is 10.5. The van der Waals surface area contributed by atoms with Gasteiger partial charge in [-0.2, -0.15) is 0 Å². The molecule has 4 nitrogen and oxygen atoms in total. The number of hydrogen-bond acceptors (Lipinski definition) is 3. The fourth-order valence-electron chi connectivity index (χ4n) is 0.483. The maximum Gasteiger partial charge on any atom is 0.236 e. The molecule has 0 aromatic carbocycles. The summed E-state index contributed by atoms with van der Waals surface area (Å²) in [5, 5.41) is 6.70. The lowest BCUT2D eigenvalue weighted by Crippen LogP contribution is -2.00. The summed E-state index contributed by atoms with van der Waals surface area (Å²) in [6.07, 6.45) is 1.37. The number of nitrogens with zero attached hydrogens (tertiary/aromatic N) is 3. The highest BCUT2D eigenvalue weighted by Crippen LogP contribution is 1.96. The summed E-state index contributed by atoms with van der Waals surface area (Å²) in [5.41, 5.74) is 0.401. The highest BCUT2D eigenvalue weighted by molar-refractivity contribution is 7.97. The number of carbonyl (C=O) groups is 1. The van der Waals surface area contributed by atoms with Crippen LogP contribution in [0.1, 0.15) is 10.5 Å². The molecule has 0 fully saturated rings. The molecule has 0 aliphatic heterocycles. The van der Waals surface area contributed by atoms with Gasteiger partial charge in [0.15, 0.2) is 0 Å². The van der Waals surface area contributed by atoms with Crippen molar-refractivity contribution in [1.82, 2.24) is 15.0 Å². The van der Waals surface area contributed by atoms with Crippen LogP contribution in [0.4, 0.5) is 0 Å². The van der Waals surface area contributed by atoms with E-state index in [1.165, 1.54) is 10.9 Å². The Hall–Kier alpha value is -0.840. The van der Waals surface area contributed by atoms with E-state index in [0.717, 1.165) is 0 Å². The van der Waals surface area contributed by atoms with Crippen LogP contribution in [0.5, 0.6) is 0 Å². The van der Waals surface area contributed by atoms with Crippen molar-refractivity contribution in [3.63, 3.8) is 0 Å². The molecule has 48 valence electrons. The molecule has 0 N–H and O–H groups in total. The average molecular weight is 143 g/mol. The monoisotopic (exact) mass is 143 g/mol. The Labute approximate surface area is 57.3 Å². The number of aromatic nitrogens is 3. The van der Waals surface area contributed by atoms with E-state index in [1.54, 1.807) is 7.05 Å². The third-order valence-corrected chi connectivity index (χ3v) is 1.16. The molecule has 0 radical (unpaired) electrons. The van der Waals surface area contributed by atoms with Crippen LogP contribution in [0.15, 0.2) is 6.20 Å². The maximum absolute atomic E-state index is 10.5. The molecule has 0 aliphatic carbocycles. The van der Waals surface area contributed by atoms with Crippen molar-refractivity contribution in [3.05, 3.63) is 11.9 Å². The van der Waals surface area contributed by atoms with Crippen LogP contribution in [-0.4, -0.2) is 20.1 Å². The van der Waals surface area contributed by atoms with E-state index in [1.807, 2.05) is 0 Å². The SMILES string of the molecule is Cn1nncc1C(=O)S. The molecule has 1 rings (SSSR count). The normalized spacial score (nSPS) is 9.56. The topological polar surface area (TPSA) is 47.8 Å². The summed E-state index contributed by atoms with van der Waals surface area (Å²) < 4.78 is 1.37. The Morgan fingerprint density at radius 1 is 1.89 bits per heavy atom. The van der Waals surface area contributed by atoms with Gasteiger partial charge in [-0.1, -0.05) is 17.8 Å². The minimum Gasteiger partial charge on any atom is -0.280 e. The third-order valence-electron chi connectivity index (χ3n) is 0.934. The summed E-state index contributed by atoms with van der Waals surface area (Å²) in [7, 11) is 1.64. The van der Waals surface area contributed by atoms with Gasteiger partial charge in [0.1, 0.15) is 5.69 Å². The first-order chi connectivity index (χ1) is 4.22. The number of aryl methyl sites for hydroxylation is 1. The van der Waals surface area contributed by atoms with Crippen LogP contribution < -0.4 is 0 Å². The molecular formula is C4H5N3OS. The first-order valence-corrected chi connectivity index (χ1v) is 2.74. The van der Waals surface area contributed by atoms with Gasteiger partial charge in [0.2, 0.25) is 5.12 Å². The highest BCUT2D eigenvalue weighted by atomic mass is 32.1. The zero-order valence-corrected chi connectivity index (χ0v) is 5.67. The zero-order chi connectivity index (χ0) is 6.85. The fourth-order valence-corrected chi connectivity index (χ4v) is 0.686. The zero-order valence-electron chi connectivity index (χ0n) is 4.77. The van der Waals surface area contributed by atoms with Crippen LogP contribution in [0.2, 0.25) is 0 Å². The molecule has 1 heterocycles. The predicted molar refractivity (Wildman–Crippen MR) is 34.3 cm³/mol. The second-order valence-corrected chi connectivity index (χ2v) is 1.95. The minimum absolute atomic E-state index is 0.317. The van der Waals surface area contributed by atoms with Crippen molar-refractivity contribution in [3.8, 4) is 0 Å². The lowest BCUT2D eigenvalue weighted by atomic mass is 10.5. The number of hydrogen-bond donors (Lipinski definition) is 1. The second-order valence-electron chi connectivity index (χ2n) is 1.55. The van der Waals surface area contributed by atoms with E-state index in [9.17, 15) is 4.79 Å². The van der Waals surface area contributed by atoms with Crippen LogP contribution >= 0.6 is 12.6 Å². The van der Waals surface area contributed by atoms with E-state index in [4.69, 9.17) is 0 Å². The lowest BCUT2D eigenvalue weighted by molar-refractivity contribution is 0.108. The van der Waals surface area contributed by atoms with Crippen LogP contribution in [0.3, 0.4) is 0 Å². The van der Waals surface area contributed by atoms with Gasteiger partial charge in [0.25, 0.3) is 0 Å². The third kappa shape index (κ3) is 1.10. The number of rotatable bonds is 1. The Bertz CT molecular complexity index is 231. The fraction of sp³-hybridized carbons (Fsp3) is 0.250. The highest BCUT2D eigenvalue weighted by Gasteiger charge is 2.03. The summed E-state index contributed by atoms with van der Waals surface area (Å²) in [6, 6.07) is 0.